The first-order chi connectivity index (χ1) is 9.49. The average molecular weight is 317 g/mol. The molecule has 1 unspecified atom stereocenters. The van der Waals surface area contributed by atoms with Crippen LogP contribution in [0.5, 0.6) is 0 Å². The number of carbonyl (C=O) groups excluding carboxylic acids is 1. The van der Waals surface area contributed by atoms with Gasteiger partial charge < -0.3 is 15.7 Å². The lowest BCUT2D eigenvalue weighted by Crippen LogP contribution is -2.39. The van der Waals surface area contributed by atoms with Gasteiger partial charge in [-0.1, -0.05) is 24.6 Å². The highest BCUT2D eigenvalue weighted by Crippen LogP contribution is 2.24. The summed E-state index contributed by atoms with van der Waals surface area (Å²) in [5.74, 6) is -0.382. The van der Waals surface area contributed by atoms with E-state index in [1.54, 1.807) is 17.8 Å². The predicted molar refractivity (Wildman–Crippen MR) is 83.0 cm³/mol. The first-order valence-corrected chi connectivity index (χ1v) is 7.85. The molecule has 0 aromatic heterocycles. The van der Waals surface area contributed by atoms with Gasteiger partial charge in [0.25, 0.3) is 0 Å². The monoisotopic (exact) mass is 316 g/mol. The summed E-state index contributed by atoms with van der Waals surface area (Å²) in [6.45, 7) is 1.98. The van der Waals surface area contributed by atoms with Gasteiger partial charge >= 0.3 is 12.0 Å². The Hall–Kier alpha value is -1.40. The van der Waals surface area contributed by atoms with Gasteiger partial charge in [0, 0.05) is 11.8 Å². The molecule has 0 bridgehead atoms. The second kappa shape index (κ2) is 8.01. The van der Waals surface area contributed by atoms with Gasteiger partial charge in [-0.05, 0) is 24.8 Å². The summed E-state index contributed by atoms with van der Waals surface area (Å²) < 4.78 is 0. The molecular formula is C13H17ClN2O3S. The lowest BCUT2D eigenvalue weighted by molar-refractivity contribution is 0.0698. The molecule has 1 atom stereocenters. The third kappa shape index (κ3) is 4.61. The molecule has 0 aliphatic carbocycles. The molecule has 20 heavy (non-hydrogen) atoms. The number of benzene rings is 1. The molecular weight excluding hydrogens is 300 g/mol. The molecule has 0 aliphatic heterocycles. The molecule has 1 rings (SSSR count). The van der Waals surface area contributed by atoms with Gasteiger partial charge in [0.05, 0.1) is 10.7 Å². The molecule has 3 N–H and O–H groups in total. The van der Waals surface area contributed by atoms with E-state index in [9.17, 15) is 9.59 Å². The topological polar surface area (TPSA) is 78.4 Å². The van der Waals surface area contributed by atoms with Crippen molar-refractivity contribution in [1.82, 2.24) is 5.32 Å². The molecule has 7 heteroatoms. The first kappa shape index (κ1) is 16.7. The number of nitrogens with one attached hydrogen (secondary N) is 2. The molecule has 1 aromatic carbocycles. The third-order valence-electron chi connectivity index (χ3n) is 2.67. The molecule has 110 valence electrons. The summed E-state index contributed by atoms with van der Waals surface area (Å²) in [7, 11) is 0. The van der Waals surface area contributed by atoms with Crippen LogP contribution in [0.2, 0.25) is 5.02 Å². The standard InChI is InChI=1S/C13H17ClN2O3S/c1-3-8(7-20-2)15-13(19)16-10-6-4-5-9(14)11(10)12(17)18/h4-6,8H,3,7H2,1-2H3,(H,17,18)(H2,15,16,19). The van der Waals surface area contributed by atoms with E-state index in [0.29, 0.717) is 0 Å². The van der Waals surface area contributed by atoms with Gasteiger partial charge in [-0.25, -0.2) is 9.59 Å². The molecule has 1 aromatic rings. The Morgan fingerprint density at radius 3 is 2.70 bits per heavy atom. The number of aromatic carboxylic acids is 1. The van der Waals surface area contributed by atoms with Gasteiger partial charge in [-0.2, -0.15) is 11.8 Å². The van der Waals surface area contributed by atoms with E-state index < -0.39 is 12.0 Å². The highest BCUT2D eigenvalue weighted by molar-refractivity contribution is 7.98. The molecule has 0 aliphatic rings. The minimum Gasteiger partial charge on any atom is -0.478 e. The van der Waals surface area contributed by atoms with Crippen molar-refractivity contribution in [3.8, 4) is 0 Å². The Balaban J connectivity index is 2.80. The molecule has 0 heterocycles. The highest BCUT2D eigenvalue weighted by atomic mass is 35.5. The number of hydrogen-bond donors (Lipinski definition) is 3. The highest BCUT2D eigenvalue weighted by Gasteiger charge is 2.17. The zero-order valence-corrected chi connectivity index (χ0v) is 12.8. The zero-order chi connectivity index (χ0) is 15.1. The van der Waals surface area contributed by atoms with Crippen molar-refractivity contribution in [3.63, 3.8) is 0 Å². The number of rotatable bonds is 6. The Bertz CT molecular complexity index is 497. The van der Waals surface area contributed by atoms with E-state index in [2.05, 4.69) is 10.6 Å². The number of anilines is 1. The van der Waals surface area contributed by atoms with Gasteiger partial charge in [-0.3, -0.25) is 0 Å². The molecule has 0 saturated carbocycles. The van der Waals surface area contributed by atoms with Crippen molar-refractivity contribution in [2.45, 2.75) is 19.4 Å². The first-order valence-electron chi connectivity index (χ1n) is 6.07. The number of hydrogen-bond acceptors (Lipinski definition) is 3. The molecule has 0 spiro atoms. The van der Waals surface area contributed by atoms with Crippen LogP contribution in [0.4, 0.5) is 10.5 Å². The van der Waals surface area contributed by atoms with E-state index in [-0.39, 0.29) is 22.3 Å². The smallest absolute Gasteiger partial charge is 0.339 e. The van der Waals surface area contributed by atoms with Crippen LogP contribution in [-0.4, -0.2) is 35.2 Å². The number of amides is 2. The fourth-order valence-electron chi connectivity index (χ4n) is 1.65. The molecule has 0 radical (unpaired) electrons. The Kier molecular flexibility index (Phi) is 6.67. The molecule has 5 nitrogen and oxygen atoms in total. The number of urea groups is 1. The number of thioether (sulfide) groups is 1. The van der Waals surface area contributed by atoms with Gasteiger partial charge in [-0.15, -0.1) is 0 Å². The summed E-state index contributed by atoms with van der Waals surface area (Å²) in [5, 5.41) is 14.5. The second-order valence-electron chi connectivity index (χ2n) is 4.13. The summed E-state index contributed by atoms with van der Waals surface area (Å²) in [6, 6.07) is 4.16. The summed E-state index contributed by atoms with van der Waals surface area (Å²) in [4.78, 5) is 23.0. The van der Waals surface area contributed by atoms with E-state index in [0.717, 1.165) is 12.2 Å². The van der Waals surface area contributed by atoms with Crippen LogP contribution < -0.4 is 10.6 Å². The Morgan fingerprint density at radius 1 is 1.45 bits per heavy atom. The normalized spacial score (nSPS) is 11.8. The Morgan fingerprint density at radius 2 is 2.15 bits per heavy atom. The summed E-state index contributed by atoms with van der Waals surface area (Å²) in [5.41, 5.74) is 0.0729. The van der Waals surface area contributed by atoms with Crippen LogP contribution in [0.1, 0.15) is 23.7 Å². The van der Waals surface area contributed by atoms with Crippen LogP contribution in [-0.2, 0) is 0 Å². The van der Waals surface area contributed by atoms with Crippen LogP contribution in [0, 0.1) is 0 Å². The lowest BCUT2D eigenvalue weighted by Gasteiger charge is -2.17. The van der Waals surface area contributed by atoms with E-state index in [1.807, 2.05) is 13.2 Å². The largest absolute Gasteiger partial charge is 0.478 e. The van der Waals surface area contributed by atoms with Crippen molar-refractivity contribution in [2.24, 2.45) is 0 Å². The van der Waals surface area contributed by atoms with Gasteiger partial charge in [0.2, 0.25) is 0 Å². The second-order valence-corrected chi connectivity index (χ2v) is 5.44. The minimum atomic E-state index is -1.18. The quantitative estimate of drug-likeness (QED) is 0.752. The zero-order valence-electron chi connectivity index (χ0n) is 11.3. The third-order valence-corrected chi connectivity index (χ3v) is 3.72. The maximum atomic E-state index is 11.9. The lowest BCUT2D eigenvalue weighted by atomic mass is 10.2. The van der Waals surface area contributed by atoms with Crippen LogP contribution >= 0.6 is 23.4 Å². The molecule has 2 amide bonds. The van der Waals surface area contributed by atoms with E-state index in [4.69, 9.17) is 16.7 Å². The van der Waals surface area contributed by atoms with Crippen molar-refractivity contribution < 1.29 is 14.7 Å². The molecule has 0 fully saturated rings. The van der Waals surface area contributed by atoms with Crippen molar-refractivity contribution in [1.29, 1.82) is 0 Å². The van der Waals surface area contributed by atoms with E-state index in [1.165, 1.54) is 12.1 Å². The summed E-state index contributed by atoms with van der Waals surface area (Å²) in [6.07, 6.45) is 2.76. The van der Waals surface area contributed by atoms with Gasteiger partial charge in [0.1, 0.15) is 5.56 Å². The maximum Gasteiger partial charge on any atom is 0.339 e. The maximum absolute atomic E-state index is 11.9. The number of carboxylic acid groups (broad SMARTS) is 1. The predicted octanol–water partition coefficient (Wildman–Crippen LogP) is 3.30. The summed E-state index contributed by atoms with van der Waals surface area (Å²) >= 11 is 7.47. The van der Waals surface area contributed by atoms with E-state index >= 15 is 0 Å². The van der Waals surface area contributed by atoms with Crippen molar-refractivity contribution in [2.75, 3.05) is 17.3 Å². The molecule has 0 saturated heterocycles. The number of carbonyl (C=O) groups is 2. The van der Waals surface area contributed by atoms with Crippen LogP contribution in [0.3, 0.4) is 0 Å². The number of halogens is 1. The van der Waals surface area contributed by atoms with Gasteiger partial charge in [0.15, 0.2) is 0 Å². The number of carboxylic acids is 1. The Labute approximate surface area is 127 Å². The minimum absolute atomic E-state index is 0.0393. The average Bonchev–Trinajstić information content (AvgIpc) is 2.37. The fraction of sp³-hybridized carbons (Fsp3) is 0.385. The van der Waals surface area contributed by atoms with Crippen LogP contribution in [0.15, 0.2) is 18.2 Å². The SMILES string of the molecule is CCC(CSC)NC(=O)Nc1cccc(Cl)c1C(=O)O. The van der Waals surface area contributed by atoms with Crippen molar-refractivity contribution in [3.05, 3.63) is 28.8 Å². The fourth-order valence-corrected chi connectivity index (χ4v) is 2.63. The van der Waals surface area contributed by atoms with Crippen molar-refractivity contribution >= 4 is 41.1 Å². The van der Waals surface area contributed by atoms with Crippen LogP contribution in [0.25, 0.3) is 0 Å².